The van der Waals surface area contributed by atoms with Gasteiger partial charge in [-0.05, 0) is 18.2 Å². The number of benzene rings is 1. The third-order valence-electron chi connectivity index (χ3n) is 3.37. The van der Waals surface area contributed by atoms with Gasteiger partial charge < -0.3 is 5.11 Å². The summed E-state index contributed by atoms with van der Waals surface area (Å²) in [5.41, 5.74) is 1.57. The van der Waals surface area contributed by atoms with Crippen LogP contribution in [0.5, 0.6) is 0 Å². The van der Waals surface area contributed by atoms with E-state index in [2.05, 4.69) is 4.98 Å². The molecular weight excluding hydrogens is 391 g/mol. The summed E-state index contributed by atoms with van der Waals surface area (Å²) in [5.74, 6) is -3.00. The van der Waals surface area contributed by atoms with Gasteiger partial charge in [0, 0.05) is 28.9 Å². The minimum absolute atomic E-state index is 0.241. The molecule has 0 saturated heterocycles. The summed E-state index contributed by atoms with van der Waals surface area (Å²) < 4.78 is 33.4. The van der Waals surface area contributed by atoms with E-state index >= 15 is 0 Å². The van der Waals surface area contributed by atoms with Crippen molar-refractivity contribution in [2.45, 2.75) is 13.1 Å². The van der Waals surface area contributed by atoms with E-state index in [1.54, 1.807) is 23.1 Å². The number of aliphatic carboxylic acids is 1. The smallest absolute Gasteiger partial charge is 0.475 e. The molecule has 1 amide bonds. The molecule has 0 unspecified atom stereocenters. The zero-order chi connectivity index (χ0) is 20.4. The van der Waals surface area contributed by atoms with Gasteiger partial charge in [0.15, 0.2) is 0 Å². The number of rotatable bonds is 2. The third kappa shape index (κ3) is 4.29. The van der Waals surface area contributed by atoms with Crippen LogP contribution >= 0.6 is 11.6 Å². The molecule has 0 aliphatic rings. The summed E-state index contributed by atoms with van der Waals surface area (Å²) in [6.45, 7) is 1.43. The number of alkyl halides is 3. The molecule has 2 heterocycles. The highest BCUT2D eigenvalue weighted by Crippen LogP contribution is 2.30. The van der Waals surface area contributed by atoms with Gasteiger partial charge in [-0.15, -0.1) is 5.17 Å². The Bertz CT molecular complexity index is 1000. The number of fused-ring (bicyclic) bond motifs is 3. The van der Waals surface area contributed by atoms with Crippen LogP contribution in [0.15, 0.2) is 36.7 Å². The molecule has 1 N–H and O–H groups in total. The first kappa shape index (κ1) is 20.5. The zero-order valence-corrected chi connectivity index (χ0v) is 14.7. The highest BCUT2D eigenvalue weighted by atomic mass is 35.5. The molecule has 0 bridgehead atoms. The van der Waals surface area contributed by atoms with Crippen LogP contribution in [0.4, 0.5) is 13.2 Å². The number of hydrogen-bond acceptors (Lipinski definition) is 4. The van der Waals surface area contributed by atoms with E-state index in [-0.39, 0.29) is 5.91 Å². The number of carboxylic acids is 1. The van der Waals surface area contributed by atoms with Crippen LogP contribution < -0.4 is 5.17 Å². The molecule has 3 rings (SSSR count). The number of halogens is 4. The van der Waals surface area contributed by atoms with Crippen molar-refractivity contribution < 1.29 is 32.7 Å². The van der Waals surface area contributed by atoms with Crippen LogP contribution in [0.1, 0.15) is 6.92 Å². The van der Waals surface area contributed by atoms with Gasteiger partial charge in [-0.25, -0.2) is 9.47 Å². The molecule has 0 aliphatic heterocycles. The standard InChI is InChI=1S/C14H12ClN3O2.C2HF3O2/c1-9(19)18(20-2)17-13-7-10(15)3-4-11(13)12-5-6-16-8-14(12)17;3-2(4,5)1(6)7/h3-8H,1-2H3;(H,6,7). The Kier molecular flexibility index (Phi) is 5.91. The van der Waals surface area contributed by atoms with Gasteiger partial charge in [0.25, 0.3) is 5.91 Å². The van der Waals surface area contributed by atoms with E-state index in [9.17, 15) is 18.0 Å². The predicted octanol–water partition coefficient (Wildman–Crippen LogP) is 3.52. The first-order valence-corrected chi connectivity index (χ1v) is 7.64. The summed E-state index contributed by atoms with van der Waals surface area (Å²) in [6.07, 6.45) is -1.68. The van der Waals surface area contributed by atoms with E-state index < -0.39 is 12.1 Å². The highest BCUT2D eigenvalue weighted by Gasteiger charge is 2.38. The molecule has 0 radical (unpaired) electrons. The SMILES string of the molecule is CON(C(C)=O)n1c2cnccc2c2ccc(Cl)cc21.O=C(O)C(F)(F)F. The van der Waals surface area contributed by atoms with Gasteiger partial charge >= 0.3 is 12.1 Å². The van der Waals surface area contributed by atoms with Gasteiger partial charge in [0.2, 0.25) is 0 Å². The number of carboxylic acid groups (broad SMARTS) is 1. The van der Waals surface area contributed by atoms with Gasteiger partial charge in [0.1, 0.15) is 0 Å². The van der Waals surface area contributed by atoms with Crippen molar-refractivity contribution in [1.82, 2.24) is 9.66 Å². The highest BCUT2D eigenvalue weighted by molar-refractivity contribution is 6.31. The van der Waals surface area contributed by atoms with Gasteiger partial charge in [0.05, 0.1) is 24.3 Å². The van der Waals surface area contributed by atoms with Crippen molar-refractivity contribution in [1.29, 1.82) is 0 Å². The minimum Gasteiger partial charge on any atom is -0.475 e. The van der Waals surface area contributed by atoms with Crippen molar-refractivity contribution in [2.24, 2.45) is 0 Å². The summed E-state index contributed by atoms with van der Waals surface area (Å²) >= 11 is 6.07. The molecule has 0 fully saturated rings. The maximum absolute atomic E-state index is 11.8. The molecule has 144 valence electrons. The Morgan fingerprint density at radius 3 is 2.33 bits per heavy atom. The zero-order valence-electron chi connectivity index (χ0n) is 14.0. The lowest BCUT2D eigenvalue weighted by molar-refractivity contribution is -0.192. The second kappa shape index (κ2) is 7.80. The van der Waals surface area contributed by atoms with Crippen LogP contribution in [-0.2, 0) is 14.4 Å². The van der Waals surface area contributed by atoms with Crippen molar-refractivity contribution >= 4 is 45.3 Å². The summed E-state index contributed by atoms with van der Waals surface area (Å²) in [4.78, 5) is 30.0. The molecule has 3 aromatic rings. The largest absolute Gasteiger partial charge is 0.490 e. The summed E-state index contributed by atoms with van der Waals surface area (Å²) in [6, 6.07) is 7.44. The third-order valence-corrected chi connectivity index (χ3v) is 3.61. The first-order chi connectivity index (χ1) is 12.6. The van der Waals surface area contributed by atoms with Crippen LogP contribution in [-0.4, -0.2) is 39.9 Å². The van der Waals surface area contributed by atoms with Gasteiger partial charge in [-0.1, -0.05) is 17.7 Å². The van der Waals surface area contributed by atoms with E-state index in [4.69, 9.17) is 26.3 Å². The van der Waals surface area contributed by atoms with Crippen LogP contribution in [0, 0.1) is 0 Å². The number of nitrogens with zero attached hydrogens (tertiary/aromatic N) is 3. The molecule has 2 aromatic heterocycles. The van der Waals surface area contributed by atoms with Crippen LogP contribution in [0.3, 0.4) is 0 Å². The van der Waals surface area contributed by atoms with Crippen molar-refractivity contribution in [3.05, 3.63) is 41.7 Å². The van der Waals surface area contributed by atoms with Crippen LogP contribution in [0.25, 0.3) is 21.8 Å². The number of aromatic nitrogens is 2. The fraction of sp³-hybridized carbons (Fsp3) is 0.188. The summed E-state index contributed by atoms with van der Waals surface area (Å²) in [7, 11) is 1.44. The summed E-state index contributed by atoms with van der Waals surface area (Å²) in [5, 5.41) is 10.9. The number of amides is 1. The molecule has 27 heavy (non-hydrogen) atoms. The number of hydrogen-bond donors (Lipinski definition) is 1. The van der Waals surface area contributed by atoms with E-state index in [1.807, 2.05) is 18.2 Å². The number of pyridine rings is 1. The Balaban J connectivity index is 0.000000321. The number of carbonyl (C=O) groups is 2. The Hall–Kier alpha value is -2.85. The molecule has 0 aliphatic carbocycles. The van der Waals surface area contributed by atoms with Crippen molar-refractivity contribution in [2.75, 3.05) is 12.3 Å². The van der Waals surface area contributed by atoms with E-state index in [0.29, 0.717) is 5.02 Å². The molecule has 1 aromatic carbocycles. The fourth-order valence-electron chi connectivity index (χ4n) is 2.37. The van der Waals surface area contributed by atoms with Crippen molar-refractivity contribution in [3.8, 4) is 0 Å². The topological polar surface area (TPSA) is 84.7 Å². The monoisotopic (exact) mass is 403 g/mol. The molecule has 0 spiro atoms. The fourth-order valence-corrected chi connectivity index (χ4v) is 2.53. The number of carbonyl (C=O) groups excluding carboxylic acids is 1. The lowest BCUT2D eigenvalue weighted by Gasteiger charge is -2.20. The normalized spacial score (nSPS) is 11.2. The lowest BCUT2D eigenvalue weighted by atomic mass is 10.2. The molecule has 0 saturated carbocycles. The molecule has 0 atom stereocenters. The quantitative estimate of drug-likeness (QED) is 0.662. The average Bonchev–Trinajstić information content (AvgIpc) is 2.89. The van der Waals surface area contributed by atoms with Crippen LogP contribution in [0.2, 0.25) is 5.02 Å². The average molecular weight is 404 g/mol. The molecule has 11 heteroatoms. The Labute approximate surface area is 155 Å². The predicted molar refractivity (Wildman–Crippen MR) is 91.8 cm³/mol. The van der Waals surface area contributed by atoms with Gasteiger partial charge in [-0.2, -0.15) is 13.2 Å². The minimum atomic E-state index is -5.08. The van der Waals surface area contributed by atoms with Crippen molar-refractivity contribution in [3.63, 3.8) is 0 Å². The molecular formula is C16H13ClF3N3O4. The van der Waals surface area contributed by atoms with Gasteiger partial charge in [-0.3, -0.25) is 14.6 Å². The second-order valence-corrected chi connectivity index (χ2v) is 5.58. The number of hydroxylamine groups is 1. The van der Waals surface area contributed by atoms with E-state index in [1.165, 1.54) is 19.2 Å². The maximum Gasteiger partial charge on any atom is 0.490 e. The first-order valence-electron chi connectivity index (χ1n) is 7.26. The Morgan fingerprint density at radius 1 is 1.22 bits per heavy atom. The molecule has 7 nitrogen and oxygen atoms in total. The Morgan fingerprint density at radius 2 is 1.81 bits per heavy atom. The lowest BCUT2D eigenvalue weighted by Crippen LogP contribution is -2.37. The van der Waals surface area contributed by atoms with E-state index in [0.717, 1.165) is 21.8 Å². The second-order valence-electron chi connectivity index (χ2n) is 5.14. The maximum atomic E-state index is 11.8.